The van der Waals surface area contributed by atoms with E-state index >= 15 is 0 Å². The highest BCUT2D eigenvalue weighted by Gasteiger charge is 2.13. The van der Waals surface area contributed by atoms with Gasteiger partial charge in [0.15, 0.2) is 0 Å². The highest BCUT2D eigenvalue weighted by Crippen LogP contribution is 2.27. The maximum atomic E-state index is 3.53. The molecule has 2 nitrogen and oxygen atoms in total. The molecular formula is C17H19IN2. The largest absolute Gasteiger partial charge is 0.380 e. The molecule has 0 aromatic heterocycles. The monoisotopic (exact) mass is 378 g/mol. The van der Waals surface area contributed by atoms with E-state index in [-0.39, 0.29) is 0 Å². The van der Waals surface area contributed by atoms with Gasteiger partial charge in [-0.25, -0.2) is 0 Å². The fourth-order valence-electron chi connectivity index (χ4n) is 2.75. The topological polar surface area (TPSA) is 15.3 Å². The van der Waals surface area contributed by atoms with E-state index in [1.54, 1.807) is 0 Å². The van der Waals surface area contributed by atoms with Crippen LogP contribution in [-0.2, 0) is 13.0 Å². The zero-order chi connectivity index (χ0) is 13.9. The van der Waals surface area contributed by atoms with E-state index in [1.807, 2.05) is 0 Å². The van der Waals surface area contributed by atoms with Crippen LogP contribution in [0.1, 0.15) is 17.5 Å². The molecule has 0 saturated carbocycles. The molecule has 0 fully saturated rings. The number of hydrogen-bond donors (Lipinski definition) is 1. The molecule has 0 radical (unpaired) electrons. The number of rotatable bonds is 3. The normalized spacial score (nSPS) is 14.0. The van der Waals surface area contributed by atoms with Crippen molar-refractivity contribution in [3.63, 3.8) is 0 Å². The van der Waals surface area contributed by atoms with E-state index < -0.39 is 0 Å². The Kier molecular flexibility index (Phi) is 4.15. The Morgan fingerprint density at radius 2 is 2.05 bits per heavy atom. The quantitative estimate of drug-likeness (QED) is 0.802. The van der Waals surface area contributed by atoms with Gasteiger partial charge in [-0.15, -0.1) is 0 Å². The van der Waals surface area contributed by atoms with Crippen LogP contribution in [0.5, 0.6) is 0 Å². The average Bonchev–Trinajstić information content (AvgIpc) is 2.46. The maximum Gasteiger partial charge on any atom is 0.0478 e. The van der Waals surface area contributed by atoms with Gasteiger partial charge in [0.2, 0.25) is 0 Å². The van der Waals surface area contributed by atoms with Gasteiger partial charge in [-0.05, 0) is 64.8 Å². The van der Waals surface area contributed by atoms with Crippen molar-refractivity contribution in [3.05, 3.63) is 57.2 Å². The number of benzene rings is 2. The Morgan fingerprint density at radius 1 is 1.20 bits per heavy atom. The van der Waals surface area contributed by atoms with Gasteiger partial charge in [0.25, 0.3) is 0 Å². The van der Waals surface area contributed by atoms with Crippen LogP contribution in [0.3, 0.4) is 0 Å². The van der Waals surface area contributed by atoms with E-state index in [9.17, 15) is 0 Å². The summed E-state index contributed by atoms with van der Waals surface area (Å²) in [5.74, 6) is 0. The van der Waals surface area contributed by atoms with Crippen LogP contribution in [-0.4, -0.2) is 13.6 Å². The molecule has 0 unspecified atom stereocenters. The summed E-state index contributed by atoms with van der Waals surface area (Å²) >= 11 is 2.37. The molecule has 1 aliphatic rings. The van der Waals surface area contributed by atoms with Crippen molar-refractivity contribution in [2.24, 2.45) is 0 Å². The van der Waals surface area contributed by atoms with Crippen LogP contribution in [0.15, 0.2) is 42.5 Å². The summed E-state index contributed by atoms with van der Waals surface area (Å²) < 4.78 is 1.27. The lowest BCUT2D eigenvalue weighted by Crippen LogP contribution is -2.24. The smallest absolute Gasteiger partial charge is 0.0478 e. The summed E-state index contributed by atoms with van der Waals surface area (Å²) in [6.07, 6.45) is 2.47. The van der Waals surface area contributed by atoms with Gasteiger partial charge in [-0.2, -0.15) is 0 Å². The fraction of sp³-hybridized carbons (Fsp3) is 0.294. The first kappa shape index (κ1) is 13.7. The number of fused-ring (bicyclic) bond motifs is 1. The third-order valence-corrected chi connectivity index (χ3v) is 4.79. The summed E-state index contributed by atoms with van der Waals surface area (Å²) in [5.41, 5.74) is 5.46. The van der Waals surface area contributed by atoms with E-state index in [1.165, 1.54) is 45.5 Å². The molecule has 104 valence electrons. The third-order valence-electron chi connectivity index (χ3n) is 3.85. The molecular weight excluding hydrogens is 359 g/mol. The molecule has 0 spiro atoms. The van der Waals surface area contributed by atoms with Gasteiger partial charge in [-0.3, -0.25) is 0 Å². The number of nitrogens with one attached hydrogen (secondary N) is 1. The molecule has 2 aromatic rings. The van der Waals surface area contributed by atoms with Crippen LogP contribution >= 0.6 is 22.6 Å². The van der Waals surface area contributed by atoms with Crippen molar-refractivity contribution in [1.29, 1.82) is 0 Å². The number of anilines is 2. The molecule has 2 aromatic carbocycles. The second kappa shape index (κ2) is 6.04. The van der Waals surface area contributed by atoms with Crippen molar-refractivity contribution in [2.75, 3.05) is 23.8 Å². The number of aryl methyl sites for hydroxylation is 1. The summed E-state index contributed by atoms with van der Waals surface area (Å²) in [7, 11) is 2.18. The molecule has 0 amide bonds. The Morgan fingerprint density at radius 3 is 2.90 bits per heavy atom. The lowest BCUT2D eigenvalue weighted by molar-refractivity contribution is 0.743. The second-order valence-electron chi connectivity index (χ2n) is 5.32. The predicted octanol–water partition coefficient (Wildman–Crippen LogP) is 4.29. The van der Waals surface area contributed by atoms with Crippen molar-refractivity contribution in [3.8, 4) is 0 Å². The van der Waals surface area contributed by atoms with Gasteiger partial charge < -0.3 is 10.2 Å². The zero-order valence-corrected chi connectivity index (χ0v) is 13.9. The lowest BCUT2D eigenvalue weighted by atomic mass is 9.99. The van der Waals surface area contributed by atoms with E-state index in [2.05, 4.69) is 82.3 Å². The van der Waals surface area contributed by atoms with Crippen molar-refractivity contribution < 1.29 is 0 Å². The molecule has 1 aliphatic heterocycles. The molecule has 1 heterocycles. The Labute approximate surface area is 134 Å². The number of para-hydroxylation sites is 1. The van der Waals surface area contributed by atoms with Gasteiger partial charge in [0.05, 0.1) is 0 Å². The lowest BCUT2D eigenvalue weighted by Gasteiger charge is -2.27. The molecule has 3 heteroatoms. The van der Waals surface area contributed by atoms with Gasteiger partial charge >= 0.3 is 0 Å². The van der Waals surface area contributed by atoms with Crippen molar-refractivity contribution in [2.45, 2.75) is 19.4 Å². The Bertz CT molecular complexity index is 610. The predicted molar refractivity (Wildman–Crippen MR) is 94.5 cm³/mol. The first-order valence-corrected chi connectivity index (χ1v) is 8.13. The average molecular weight is 378 g/mol. The standard InChI is InChI=1S/C17H19IN2/c1-20-10-4-5-14-11-13(8-9-17(14)20)12-19-16-7-3-2-6-15(16)18/h2-3,6-9,11,19H,4-5,10,12H2,1H3. The van der Waals surface area contributed by atoms with E-state index in [4.69, 9.17) is 0 Å². The first-order chi connectivity index (χ1) is 9.74. The molecule has 1 N–H and O–H groups in total. The summed E-state index contributed by atoms with van der Waals surface area (Å²) in [4.78, 5) is 2.36. The zero-order valence-electron chi connectivity index (χ0n) is 11.7. The molecule has 20 heavy (non-hydrogen) atoms. The SMILES string of the molecule is CN1CCCc2cc(CNc3ccccc3I)ccc21. The van der Waals surface area contributed by atoms with Crippen LogP contribution in [0.4, 0.5) is 11.4 Å². The minimum Gasteiger partial charge on any atom is -0.380 e. The molecule has 0 aliphatic carbocycles. The van der Waals surface area contributed by atoms with E-state index in [0.29, 0.717) is 0 Å². The molecule has 0 bridgehead atoms. The minimum atomic E-state index is 0.886. The first-order valence-electron chi connectivity index (χ1n) is 7.05. The number of halogens is 1. The molecule has 3 rings (SSSR count). The highest BCUT2D eigenvalue weighted by molar-refractivity contribution is 14.1. The van der Waals surface area contributed by atoms with Crippen LogP contribution in [0.25, 0.3) is 0 Å². The summed E-state index contributed by atoms with van der Waals surface area (Å²) in [6.45, 7) is 2.06. The van der Waals surface area contributed by atoms with Gasteiger partial charge in [0.1, 0.15) is 0 Å². The maximum absolute atomic E-state index is 3.53. The highest BCUT2D eigenvalue weighted by atomic mass is 127. The fourth-order valence-corrected chi connectivity index (χ4v) is 3.33. The summed E-state index contributed by atoms with van der Waals surface area (Å²) in [5, 5.41) is 3.53. The van der Waals surface area contributed by atoms with Crippen LogP contribution < -0.4 is 10.2 Å². The molecule has 0 saturated heterocycles. The van der Waals surface area contributed by atoms with E-state index in [0.717, 1.165) is 6.54 Å². The summed E-state index contributed by atoms with van der Waals surface area (Å²) in [6, 6.07) is 15.3. The van der Waals surface area contributed by atoms with Gasteiger partial charge in [0, 0.05) is 35.1 Å². The minimum absolute atomic E-state index is 0.886. The van der Waals surface area contributed by atoms with Crippen molar-refractivity contribution >= 4 is 34.0 Å². The second-order valence-corrected chi connectivity index (χ2v) is 6.48. The Hall–Kier alpha value is -1.23. The number of hydrogen-bond acceptors (Lipinski definition) is 2. The van der Waals surface area contributed by atoms with Crippen LogP contribution in [0, 0.1) is 3.57 Å². The van der Waals surface area contributed by atoms with Crippen molar-refractivity contribution in [1.82, 2.24) is 0 Å². The Balaban J connectivity index is 1.74. The van der Waals surface area contributed by atoms with Gasteiger partial charge in [-0.1, -0.05) is 24.3 Å². The third kappa shape index (κ3) is 2.92. The number of nitrogens with zero attached hydrogens (tertiary/aromatic N) is 1. The molecule has 0 atom stereocenters. The van der Waals surface area contributed by atoms with Crippen LogP contribution in [0.2, 0.25) is 0 Å².